The Morgan fingerprint density at radius 2 is 2.27 bits per heavy atom. The minimum absolute atomic E-state index is 0.00521. The highest BCUT2D eigenvalue weighted by Crippen LogP contribution is 2.34. The van der Waals surface area contributed by atoms with Crippen molar-refractivity contribution in [2.75, 3.05) is 7.11 Å². The van der Waals surface area contributed by atoms with Crippen molar-refractivity contribution in [3.05, 3.63) is 54.0 Å². The fourth-order valence-electron chi connectivity index (χ4n) is 2.60. The van der Waals surface area contributed by atoms with E-state index in [2.05, 4.69) is 5.10 Å². The summed E-state index contributed by atoms with van der Waals surface area (Å²) in [7, 11) is 1.63. The SMILES string of the molecule is CCC(=O)N1N=C(c2ccco2)CC1c1cccc(OC)c1. The first-order valence-electron chi connectivity index (χ1n) is 7.30. The number of methoxy groups -OCH3 is 1. The second-order valence-corrected chi connectivity index (χ2v) is 5.11. The molecule has 2 heterocycles. The molecule has 1 amide bonds. The number of hydrogen-bond acceptors (Lipinski definition) is 4. The number of nitrogens with zero attached hydrogens (tertiary/aromatic N) is 2. The zero-order chi connectivity index (χ0) is 15.5. The number of rotatable bonds is 4. The van der Waals surface area contributed by atoms with Crippen LogP contribution in [-0.4, -0.2) is 23.7 Å². The highest BCUT2D eigenvalue weighted by Gasteiger charge is 2.33. The van der Waals surface area contributed by atoms with Gasteiger partial charge in [-0.3, -0.25) is 4.79 Å². The van der Waals surface area contributed by atoms with Crippen molar-refractivity contribution in [1.29, 1.82) is 0 Å². The Balaban J connectivity index is 1.94. The van der Waals surface area contributed by atoms with Gasteiger partial charge in [-0.05, 0) is 29.8 Å². The van der Waals surface area contributed by atoms with E-state index < -0.39 is 0 Å². The maximum atomic E-state index is 12.2. The molecule has 0 fully saturated rings. The topological polar surface area (TPSA) is 55.0 Å². The summed E-state index contributed by atoms with van der Waals surface area (Å²) < 4.78 is 10.7. The molecule has 22 heavy (non-hydrogen) atoms. The maximum Gasteiger partial charge on any atom is 0.242 e. The third-order valence-electron chi connectivity index (χ3n) is 3.75. The summed E-state index contributed by atoms with van der Waals surface area (Å²) >= 11 is 0. The van der Waals surface area contributed by atoms with Crippen LogP contribution in [0.3, 0.4) is 0 Å². The lowest BCUT2D eigenvalue weighted by atomic mass is 10.0. The van der Waals surface area contributed by atoms with Crippen LogP contribution in [0, 0.1) is 0 Å². The van der Waals surface area contributed by atoms with Gasteiger partial charge in [-0.1, -0.05) is 19.1 Å². The first-order chi connectivity index (χ1) is 10.7. The van der Waals surface area contributed by atoms with Crippen LogP contribution in [0.2, 0.25) is 0 Å². The van der Waals surface area contributed by atoms with Gasteiger partial charge in [0.05, 0.1) is 19.4 Å². The van der Waals surface area contributed by atoms with Crippen molar-refractivity contribution in [3.63, 3.8) is 0 Å². The molecule has 1 aliphatic rings. The molecule has 0 saturated heterocycles. The normalized spacial score (nSPS) is 17.5. The number of hydrogen-bond donors (Lipinski definition) is 0. The van der Waals surface area contributed by atoms with Gasteiger partial charge >= 0.3 is 0 Å². The molecule has 1 aromatic heterocycles. The van der Waals surface area contributed by atoms with Gasteiger partial charge in [-0.2, -0.15) is 5.10 Å². The summed E-state index contributed by atoms with van der Waals surface area (Å²) in [6.07, 6.45) is 2.66. The molecule has 1 atom stereocenters. The molecule has 2 aromatic rings. The molecular formula is C17H18N2O3. The van der Waals surface area contributed by atoms with E-state index in [4.69, 9.17) is 9.15 Å². The number of benzene rings is 1. The zero-order valence-corrected chi connectivity index (χ0v) is 12.7. The molecule has 5 heteroatoms. The lowest BCUT2D eigenvalue weighted by molar-refractivity contribution is -0.132. The Morgan fingerprint density at radius 3 is 2.95 bits per heavy atom. The number of hydrazone groups is 1. The molecule has 0 N–H and O–H groups in total. The van der Waals surface area contributed by atoms with Crippen LogP contribution in [0.5, 0.6) is 5.75 Å². The van der Waals surface area contributed by atoms with Crippen LogP contribution in [0.1, 0.15) is 37.1 Å². The standard InChI is InChI=1S/C17H18N2O3/c1-3-17(20)19-15(12-6-4-7-13(10-12)21-2)11-14(18-19)16-8-5-9-22-16/h4-10,15H,3,11H2,1-2H3. The van der Waals surface area contributed by atoms with Gasteiger partial charge < -0.3 is 9.15 Å². The van der Waals surface area contributed by atoms with E-state index in [9.17, 15) is 4.79 Å². The van der Waals surface area contributed by atoms with Crippen LogP contribution in [0.4, 0.5) is 0 Å². The summed E-state index contributed by atoms with van der Waals surface area (Å²) in [6, 6.07) is 11.3. The first kappa shape index (κ1) is 14.4. The van der Waals surface area contributed by atoms with E-state index in [0.717, 1.165) is 17.0 Å². The van der Waals surface area contributed by atoms with Crippen molar-refractivity contribution < 1.29 is 13.9 Å². The van der Waals surface area contributed by atoms with Gasteiger partial charge in [0.2, 0.25) is 5.91 Å². The third-order valence-corrected chi connectivity index (χ3v) is 3.75. The molecule has 114 valence electrons. The fourth-order valence-corrected chi connectivity index (χ4v) is 2.60. The Morgan fingerprint density at radius 1 is 1.41 bits per heavy atom. The third kappa shape index (κ3) is 2.62. The van der Waals surface area contributed by atoms with Crippen LogP contribution in [0.25, 0.3) is 0 Å². The molecule has 0 bridgehead atoms. The minimum Gasteiger partial charge on any atom is -0.497 e. The van der Waals surface area contributed by atoms with E-state index in [1.165, 1.54) is 0 Å². The summed E-state index contributed by atoms with van der Waals surface area (Å²) in [4.78, 5) is 12.2. The highest BCUT2D eigenvalue weighted by molar-refractivity contribution is 6.01. The lowest BCUT2D eigenvalue weighted by Crippen LogP contribution is -2.26. The van der Waals surface area contributed by atoms with E-state index in [1.807, 2.05) is 43.3 Å². The number of amides is 1. The van der Waals surface area contributed by atoms with Gasteiger partial charge in [0, 0.05) is 12.8 Å². The summed E-state index contributed by atoms with van der Waals surface area (Å²) in [5, 5.41) is 6.04. The van der Waals surface area contributed by atoms with Crippen LogP contribution in [-0.2, 0) is 4.79 Å². The molecule has 0 spiro atoms. The Kier molecular flexibility index (Phi) is 3.96. The molecule has 1 aliphatic heterocycles. The summed E-state index contributed by atoms with van der Waals surface area (Å²) in [5.41, 5.74) is 1.80. The van der Waals surface area contributed by atoms with Crippen molar-refractivity contribution in [2.45, 2.75) is 25.8 Å². The molecule has 3 rings (SSSR count). The predicted octanol–water partition coefficient (Wildman–Crippen LogP) is 3.38. The Bertz CT molecular complexity index is 692. The number of carbonyl (C=O) groups excluding carboxylic acids is 1. The maximum absolute atomic E-state index is 12.2. The van der Waals surface area contributed by atoms with Gasteiger partial charge in [0.25, 0.3) is 0 Å². The average Bonchev–Trinajstić information content (AvgIpc) is 3.23. The van der Waals surface area contributed by atoms with Crippen LogP contribution in [0.15, 0.2) is 52.2 Å². The Labute approximate surface area is 129 Å². The minimum atomic E-state index is -0.123. The largest absolute Gasteiger partial charge is 0.497 e. The molecule has 0 saturated carbocycles. The smallest absolute Gasteiger partial charge is 0.242 e. The van der Waals surface area contributed by atoms with E-state index >= 15 is 0 Å². The van der Waals surface area contributed by atoms with Crippen molar-refractivity contribution in [2.24, 2.45) is 5.10 Å². The second kappa shape index (κ2) is 6.05. The van der Waals surface area contributed by atoms with E-state index in [0.29, 0.717) is 18.6 Å². The molecule has 1 unspecified atom stereocenters. The van der Waals surface area contributed by atoms with Gasteiger partial charge in [-0.25, -0.2) is 5.01 Å². The van der Waals surface area contributed by atoms with E-state index in [1.54, 1.807) is 18.4 Å². The molecule has 1 aromatic carbocycles. The van der Waals surface area contributed by atoms with Gasteiger partial charge in [0.1, 0.15) is 17.2 Å². The fraction of sp³-hybridized carbons (Fsp3) is 0.294. The first-order valence-corrected chi connectivity index (χ1v) is 7.30. The summed E-state index contributed by atoms with van der Waals surface area (Å²) in [5.74, 6) is 1.47. The van der Waals surface area contributed by atoms with E-state index in [-0.39, 0.29) is 11.9 Å². The predicted molar refractivity (Wildman–Crippen MR) is 82.7 cm³/mol. The number of carbonyl (C=O) groups is 1. The average molecular weight is 298 g/mol. The Hall–Kier alpha value is -2.56. The van der Waals surface area contributed by atoms with Crippen LogP contribution >= 0.6 is 0 Å². The summed E-state index contributed by atoms with van der Waals surface area (Å²) in [6.45, 7) is 1.84. The quantitative estimate of drug-likeness (QED) is 0.869. The molecule has 0 aliphatic carbocycles. The zero-order valence-electron chi connectivity index (χ0n) is 12.7. The highest BCUT2D eigenvalue weighted by atomic mass is 16.5. The molecule has 0 radical (unpaired) electrons. The molecule has 5 nitrogen and oxygen atoms in total. The van der Waals surface area contributed by atoms with Crippen molar-refractivity contribution >= 4 is 11.6 Å². The number of ether oxygens (including phenoxy) is 1. The van der Waals surface area contributed by atoms with Gasteiger partial charge in [-0.15, -0.1) is 0 Å². The van der Waals surface area contributed by atoms with Gasteiger partial charge in [0.15, 0.2) is 0 Å². The molecular weight excluding hydrogens is 280 g/mol. The monoisotopic (exact) mass is 298 g/mol. The van der Waals surface area contributed by atoms with Crippen LogP contribution < -0.4 is 4.74 Å². The second-order valence-electron chi connectivity index (χ2n) is 5.11. The van der Waals surface area contributed by atoms with Crippen molar-refractivity contribution in [3.8, 4) is 5.75 Å². The number of furan rings is 1. The van der Waals surface area contributed by atoms with Crippen molar-refractivity contribution in [1.82, 2.24) is 5.01 Å². The lowest BCUT2D eigenvalue weighted by Gasteiger charge is -2.21.